The van der Waals surface area contributed by atoms with Crippen molar-refractivity contribution in [2.24, 2.45) is 0 Å². The van der Waals surface area contributed by atoms with Crippen LogP contribution in [0.4, 0.5) is 0 Å². The van der Waals surface area contributed by atoms with E-state index in [1.807, 2.05) is 30.3 Å². The topological polar surface area (TPSA) is 72.8 Å². The van der Waals surface area contributed by atoms with Crippen LogP contribution in [0.15, 0.2) is 108 Å². The largest absolute Gasteiger partial charge is 0.490 e. The molecule has 0 saturated carbocycles. The lowest BCUT2D eigenvalue weighted by molar-refractivity contribution is -0.597. The SMILES string of the molecule is CCOc1cc2cc3ccccc3cc2c(S(=O)(=O)O)c1OCC.c1ccc([I+]c2ccccc2)cc1. The molecule has 0 fully saturated rings. The van der Waals surface area contributed by atoms with Crippen LogP contribution in [-0.4, -0.2) is 26.2 Å². The molecule has 0 amide bonds. The smallest absolute Gasteiger partial charge is 0.357 e. The van der Waals surface area contributed by atoms with E-state index in [0.29, 0.717) is 23.1 Å². The van der Waals surface area contributed by atoms with Crippen LogP contribution in [0, 0.1) is 7.14 Å². The Balaban J connectivity index is 0.000000207. The highest BCUT2D eigenvalue weighted by Crippen LogP contribution is 2.42. The molecule has 7 heteroatoms. The number of halogens is 1. The second-order valence-corrected chi connectivity index (χ2v) is 12.4. The van der Waals surface area contributed by atoms with Crippen LogP contribution in [0.3, 0.4) is 0 Å². The fourth-order valence-electron chi connectivity index (χ4n) is 3.90. The molecule has 5 aromatic rings. The van der Waals surface area contributed by atoms with Crippen molar-refractivity contribution >= 4 is 31.7 Å². The van der Waals surface area contributed by atoms with Gasteiger partial charge >= 0.3 is 21.2 Å². The zero-order chi connectivity index (χ0) is 26.3. The summed E-state index contributed by atoms with van der Waals surface area (Å²) >= 11 is 0.0287. The third-order valence-electron chi connectivity index (χ3n) is 5.41. The summed E-state index contributed by atoms with van der Waals surface area (Å²) in [5, 5.41) is 2.91. The number of benzene rings is 5. The highest BCUT2D eigenvalue weighted by Gasteiger charge is 2.25. The van der Waals surface area contributed by atoms with E-state index in [9.17, 15) is 13.0 Å². The van der Waals surface area contributed by atoms with Crippen LogP contribution in [0.5, 0.6) is 11.5 Å². The van der Waals surface area contributed by atoms with Crippen molar-refractivity contribution in [1.29, 1.82) is 0 Å². The summed E-state index contributed by atoms with van der Waals surface area (Å²) in [5.41, 5.74) is 0. The van der Waals surface area contributed by atoms with E-state index in [0.717, 1.165) is 10.8 Å². The number of fused-ring (bicyclic) bond motifs is 2. The molecule has 1 N–H and O–H groups in total. The van der Waals surface area contributed by atoms with Gasteiger partial charge in [-0.1, -0.05) is 60.7 Å². The van der Waals surface area contributed by atoms with E-state index < -0.39 is 10.1 Å². The Morgan fingerprint density at radius 3 is 1.70 bits per heavy atom. The normalized spacial score (nSPS) is 11.1. The van der Waals surface area contributed by atoms with Gasteiger partial charge in [0.1, 0.15) is 4.90 Å². The molecule has 5 rings (SSSR count). The quantitative estimate of drug-likeness (QED) is 0.169. The average molecular weight is 628 g/mol. The van der Waals surface area contributed by atoms with Crippen LogP contribution in [-0.2, 0) is 10.1 Å². The Morgan fingerprint density at radius 1 is 0.676 bits per heavy atom. The molecule has 0 spiro atoms. The van der Waals surface area contributed by atoms with Gasteiger partial charge in [-0.2, -0.15) is 8.42 Å². The van der Waals surface area contributed by atoms with Crippen molar-refractivity contribution in [3.63, 3.8) is 0 Å². The van der Waals surface area contributed by atoms with E-state index >= 15 is 0 Å². The highest BCUT2D eigenvalue weighted by atomic mass is 127. The van der Waals surface area contributed by atoms with Crippen LogP contribution < -0.4 is 30.7 Å². The van der Waals surface area contributed by atoms with Crippen LogP contribution in [0.2, 0.25) is 0 Å². The molecule has 0 heterocycles. The minimum Gasteiger partial charge on any atom is -0.490 e. The summed E-state index contributed by atoms with van der Waals surface area (Å²) in [5.74, 6) is 0.347. The Hall–Kier alpha value is -3.14. The maximum Gasteiger partial charge on any atom is 0.357 e. The van der Waals surface area contributed by atoms with E-state index in [4.69, 9.17) is 9.47 Å². The first kappa shape index (κ1) is 26.9. The molecule has 190 valence electrons. The summed E-state index contributed by atoms with van der Waals surface area (Å²) in [4.78, 5) is -0.254. The molecule has 0 unspecified atom stereocenters. The van der Waals surface area contributed by atoms with Crippen molar-refractivity contribution in [2.45, 2.75) is 18.7 Å². The summed E-state index contributed by atoms with van der Waals surface area (Å²) < 4.78 is 47.9. The number of ether oxygens (including phenoxy) is 2. The molecule has 0 bridgehead atoms. The molecule has 0 aliphatic rings. The van der Waals surface area contributed by atoms with Gasteiger partial charge in [-0.05, 0) is 72.5 Å². The third-order valence-corrected chi connectivity index (χ3v) is 9.02. The Bertz CT molecular complexity index is 1550. The second kappa shape index (κ2) is 12.4. The summed E-state index contributed by atoms with van der Waals surface area (Å²) in [6.07, 6.45) is 0. The second-order valence-electron chi connectivity index (χ2n) is 7.98. The van der Waals surface area contributed by atoms with Gasteiger partial charge in [0.2, 0.25) is 0 Å². The zero-order valence-electron chi connectivity index (χ0n) is 20.6. The summed E-state index contributed by atoms with van der Waals surface area (Å²) in [6, 6.07) is 34.4. The average Bonchev–Trinajstić information content (AvgIpc) is 2.89. The molecule has 0 atom stereocenters. The number of hydrogen-bond acceptors (Lipinski definition) is 4. The van der Waals surface area contributed by atoms with Gasteiger partial charge in [0, 0.05) is 5.39 Å². The van der Waals surface area contributed by atoms with Gasteiger partial charge in [0.15, 0.2) is 18.6 Å². The molecule has 5 aromatic carbocycles. The van der Waals surface area contributed by atoms with Crippen LogP contribution >= 0.6 is 0 Å². The van der Waals surface area contributed by atoms with E-state index in [2.05, 4.69) is 60.7 Å². The first-order chi connectivity index (χ1) is 17.9. The molecule has 0 aromatic heterocycles. The molecular formula is C30H28IO5S+. The minimum absolute atomic E-state index is 0.0287. The third kappa shape index (κ3) is 6.80. The van der Waals surface area contributed by atoms with E-state index in [1.54, 1.807) is 26.0 Å². The molecule has 37 heavy (non-hydrogen) atoms. The molecular weight excluding hydrogens is 599 g/mol. The maximum absolute atomic E-state index is 12.1. The van der Waals surface area contributed by atoms with Crippen LogP contribution in [0.25, 0.3) is 21.5 Å². The molecule has 5 nitrogen and oxygen atoms in total. The van der Waals surface area contributed by atoms with Crippen molar-refractivity contribution in [1.82, 2.24) is 0 Å². The van der Waals surface area contributed by atoms with Crippen LogP contribution in [0.1, 0.15) is 13.8 Å². The van der Waals surface area contributed by atoms with Gasteiger partial charge < -0.3 is 9.47 Å². The van der Waals surface area contributed by atoms with Gasteiger partial charge in [0.25, 0.3) is 10.1 Å². The lowest BCUT2D eigenvalue weighted by Gasteiger charge is -2.16. The maximum atomic E-state index is 12.1. The Kier molecular flexibility index (Phi) is 9.02. The van der Waals surface area contributed by atoms with Gasteiger partial charge in [-0.25, -0.2) is 0 Å². The lowest BCUT2D eigenvalue weighted by Crippen LogP contribution is -3.61. The fraction of sp³-hybridized carbons (Fsp3) is 0.133. The van der Waals surface area contributed by atoms with Crippen molar-refractivity contribution in [3.05, 3.63) is 110 Å². The minimum atomic E-state index is -4.50. The molecule has 0 aliphatic heterocycles. The standard InChI is InChI=1S/C18H18O5S.C12H10I/c1-3-22-16-11-14-9-12-7-5-6-8-13(12)10-15(14)18(24(19,20)21)17(16)23-4-2;1-3-7-11(8-4-1)13-12-9-5-2-6-10-12/h5-11H,3-4H2,1-2H3,(H,19,20,21);1-10H/q;+1. The predicted octanol–water partition coefficient (Wildman–Crippen LogP) is 3.85. The number of rotatable bonds is 7. The molecule has 0 aliphatic carbocycles. The van der Waals surface area contributed by atoms with Gasteiger partial charge in [-0.3, -0.25) is 4.55 Å². The van der Waals surface area contributed by atoms with Crippen molar-refractivity contribution < 1.29 is 43.6 Å². The highest BCUT2D eigenvalue weighted by molar-refractivity contribution is 7.86. The van der Waals surface area contributed by atoms with Gasteiger partial charge in [0.05, 0.1) is 13.2 Å². The fourth-order valence-corrected chi connectivity index (χ4v) is 7.01. The first-order valence-corrected chi connectivity index (χ1v) is 15.5. The van der Waals surface area contributed by atoms with Crippen molar-refractivity contribution in [3.8, 4) is 11.5 Å². The first-order valence-electron chi connectivity index (χ1n) is 11.9. The summed E-state index contributed by atoms with van der Waals surface area (Å²) in [6.45, 7) is 4.15. The van der Waals surface area contributed by atoms with E-state index in [1.165, 1.54) is 7.14 Å². The lowest BCUT2D eigenvalue weighted by atomic mass is 10.0. The monoisotopic (exact) mass is 627 g/mol. The molecule has 0 radical (unpaired) electrons. The van der Waals surface area contributed by atoms with Crippen molar-refractivity contribution in [2.75, 3.05) is 13.2 Å². The molecule has 0 saturated heterocycles. The Labute approximate surface area is 228 Å². The summed E-state index contributed by atoms with van der Waals surface area (Å²) in [7, 11) is -4.50. The Morgan fingerprint density at radius 2 is 1.19 bits per heavy atom. The van der Waals surface area contributed by atoms with Gasteiger partial charge in [-0.15, -0.1) is 0 Å². The number of hydrogen-bond donors (Lipinski definition) is 1. The predicted molar refractivity (Wildman–Crippen MR) is 144 cm³/mol. The van der Waals surface area contributed by atoms with E-state index in [-0.39, 0.29) is 38.5 Å². The zero-order valence-corrected chi connectivity index (χ0v) is 23.6.